The van der Waals surface area contributed by atoms with E-state index in [1.807, 2.05) is 17.0 Å². The summed E-state index contributed by atoms with van der Waals surface area (Å²) in [5.41, 5.74) is 1.46. The molecule has 1 aliphatic rings. The van der Waals surface area contributed by atoms with Crippen molar-refractivity contribution in [3.05, 3.63) is 60.4 Å². The van der Waals surface area contributed by atoms with Crippen LogP contribution in [-0.4, -0.2) is 50.1 Å². The molecule has 1 unspecified atom stereocenters. The Kier molecular flexibility index (Phi) is 5.15. The van der Waals surface area contributed by atoms with Crippen LogP contribution in [0.2, 0.25) is 0 Å². The van der Waals surface area contributed by atoms with Gasteiger partial charge in [0.15, 0.2) is 5.82 Å². The number of carbonyl (C=O) groups is 1. The van der Waals surface area contributed by atoms with Crippen LogP contribution in [0, 0.1) is 0 Å². The Morgan fingerprint density at radius 2 is 1.89 bits per heavy atom. The third kappa shape index (κ3) is 4.17. The van der Waals surface area contributed by atoms with Gasteiger partial charge < -0.3 is 14.2 Å². The molecule has 0 aromatic carbocycles. The number of hydrogen-bond donors (Lipinski definition) is 0. The van der Waals surface area contributed by atoms with Crippen LogP contribution in [0.15, 0.2) is 53.6 Å². The zero-order valence-electron chi connectivity index (χ0n) is 14.7. The van der Waals surface area contributed by atoms with Gasteiger partial charge in [-0.1, -0.05) is 5.16 Å². The first-order chi connectivity index (χ1) is 13.3. The SMILES string of the molecule is O=C(c1ccncc1)N1CCCC(OCc2noc(-c3ccncc3)n2)C1. The number of amides is 1. The molecule has 1 aliphatic heterocycles. The van der Waals surface area contributed by atoms with E-state index in [0.717, 1.165) is 24.9 Å². The Morgan fingerprint density at radius 1 is 1.15 bits per heavy atom. The van der Waals surface area contributed by atoms with Crippen LogP contribution in [0.3, 0.4) is 0 Å². The highest BCUT2D eigenvalue weighted by atomic mass is 16.5. The number of nitrogens with zero attached hydrogens (tertiary/aromatic N) is 5. The topological polar surface area (TPSA) is 94.2 Å². The van der Waals surface area contributed by atoms with Gasteiger partial charge in [0.2, 0.25) is 0 Å². The summed E-state index contributed by atoms with van der Waals surface area (Å²) in [5, 5.41) is 3.96. The minimum absolute atomic E-state index is 0.00485. The first-order valence-corrected chi connectivity index (χ1v) is 8.83. The number of piperidine rings is 1. The van der Waals surface area contributed by atoms with E-state index in [4.69, 9.17) is 9.26 Å². The van der Waals surface area contributed by atoms with E-state index in [2.05, 4.69) is 20.1 Å². The van der Waals surface area contributed by atoms with Gasteiger partial charge in [-0.3, -0.25) is 14.8 Å². The van der Waals surface area contributed by atoms with Gasteiger partial charge in [-0.2, -0.15) is 4.98 Å². The molecule has 0 radical (unpaired) electrons. The lowest BCUT2D eigenvalue weighted by Crippen LogP contribution is -2.43. The Balaban J connectivity index is 1.34. The van der Waals surface area contributed by atoms with Crippen LogP contribution in [0.1, 0.15) is 29.0 Å². The summed E-state index contributed by atoms with van der Waals surface area (Å²) in [4.78, 5) is 26.7. The van der Waals surface area contributed by atoms with Gasteiger partial charge in [0, 0.05) is 49.0 Å². The molecule has 0 spiro atoms. The van der Waals surface area contributed by atoms with Crippen molar-refractivity contribution >= 4 is 5.91 Å². The number of rotatable bonds is 5. The van der Waals surface area contributed by atoms with Crippen molar-refractivity contribution in [2.45, 2.75) is 25.6 Å². The van der Waals surface area contributed by atoms with Crippen molar-refractivity contribution in [3.63, 3.8) is 0 Å². The zero-order valence-corrected chi connectivity index (χ0v) is 14.7. The molecule has 3 aromatic rings. The molecule has 8 heteroatoms. The van der Waals surface area contributed by atoms with Crippen LogP contribution in [-0.2, 0) is 11.3 Å². The minimum Gasteiger partial charge on any atom is -0.368 e. The van der Waals surface area contributed by atoms with Gasteiger partial charge >= 0.3 is 0 Å². The second-order valence-corrected chi connectivity index (χ2v) is 6.31. The van der Waals surface area contributed by atoms with Gasteiger partial charge in [0.25, 0.3) is 11.8 Å². The van der Waals surface area contributed by atoms with E-state index in [0.29, 0.717) is 23.8 Å². The lowest BCUT2D eigenvalue weighted by molar-refractivity contribution is -0.00961. The normalized spacial score (nSPS) is 17.0. The van der Waals surface area contributed by atoms with Crippen LogP contribution in [0.5, 0.6) is 0 Å². The number of carbonyl (C=O) groups excluding carboxylic acids is 1. The van der Waals surface area contributed by atoms with Gasteiger partial charge in [-0.05, 0) is 37.1 Å². The van der Waals surface area contributed by atoms with Crippen LogP contribution < -0.4 is 0 Å². The molecule has 0 bridgehead atoms. The Morgan fingerprint density at radius 3 is 2.67 bits per heavy atom. The fourth-order valence-corrected chi connectivity index (χ4v) is 3.05. The Labute approximate surface area is 156 Å². The quantitative estimate of drug-likeness (QED) is 0.685. The molecule has 0 aliphatic carbocycles. The highest BCUT2D eigenvalue weighted by Gasteiger charge is 2.25. The van der Waals surface area contributed by atoms with E-state index in [1.54, 1.807) is 36.9 Å². The molecule has 0 saturated carbocycles. The number of ether oxygens (including phenoxy) is 1. The molecule has 4 heterocycles. The van der Waals surface area contributed by atoms with Crippen molar-refractivity contribution in [2.75, 3.05) is 13.1 Å². The molecule has 1 saturated heterocycles. The summed E-state index contributed by atoms with van der Waals surface area (Å²) in [7, 11) is 0. The van der Waals surface area contributed by atoms with Gasteiger partial charge in [0.05, 0.1) is 6.10 Å². The summed E-state index contributed by atoms with van der Waals surface area (Å²) < 4.78 is 11.2. The van der Waals surface area contributed by atoms with E-state index in [9.17, 15) is 4.79 Å². The van der Waals surface area contributed by atoms with Crippen LogP contribution in [0.4, 0.5) is 0 Å². The first-order valence-electron chi connectivity index (χ1n) is 8.83. The van der Waals surface area contributed by atoms with E-state index < -0.39 is 0 Å². The van der Waals surface area contributed by atoms with Crippen LogP contribution in [0.25, 0.3) is 11.5 Å². The maximum absolute atomic E-state index is 12.6. The Bertz CT molecular complexity index is 885. The van der Waals surface area contributed by atoms with E-state index >= 15 is 0 Å². The fraction of sp³-hybridized carbons (Fsp3) is 0.316. The molecule has 1 amide bonds. The molecule has 4 rings (SSSR count). The van der Waals surface area contributed by atoms with E-state index in [-0.39, 0.29) is 18.6 Å². The molecule has 27 heavy (non-hydrogen) atoms. The highest BCUT2D eigenvalue weighted by molar-refractivity contribution is 5.94. The third-order valence-corrected chi connectivity index (χ3v) is 4.44. The van der Waals surface area contributed by atoms with Crippen molar-refractivity contribution in [1.82, 2.24) is 25.0 Å². The average Bonchev–Trinajstić information content (AvgIpc) is 3.22. The van der Waals surface area contributed by atoms with Crippen molar-refractivity contribution in [1.29, 1.82) is 0 Å². The molecule has 3 aromatic heterocycles. The van der Waals surface area contributed by atoms with Gasteiger partial charge in [-0.15, -0.1) is 0 Å². The lowest BCUT2D eigenvalue weighted by atomic mass is 10.1. The molecule has 1 atom stereocenters. The number of hydrogen-bond acceptors (Lipinski definition) is 7. The van der Waals surface area contributed by atoms with Crippen molar-refractivity contribution in [2.24, 2.45) is 0 Å². The maximum Gasteiger partial charge on any atom is 0.258 e. The van der Waals surface area contributed by atoms with Crippen LogP contribution >= 0.6 is 0 Å². The molecular weight excluding hydrogens is 346 g/mol. The number of pyridine rings is 2. The van der Waals surface area contributed by atoms with Gasteiger partial charge in [-0.25, -0.2) is 0 Å². The number of likely N-dealkylation sites (tertiary alicyclic amines) is 1. The third-order valence-electron chi connectivity index (χ3n) is 4.44. The minimum atomic E-state index is -0.0487. The first kappa shape index (κ1) is 17.3. The standard InChI is InChI=1S/C19H19N5O3/c25-19(15-5-9-21-10-6-15)24-11-1-2-16(12-24)26-13-17-22-18(27-23-17)14-3-7-20-8-4-14/h3-10,16H,1-2,11-13H2. The predicted molar refractivity (Wildman–Crippen MR) is 95.5 cm³/mol. The van der Waals surface area contributed by atoms with Gasteiger partial charge in [0.1, 0.15) is 6.61 Å². The smallest absolute Gasteiger partial charge is 0.258 e. The fourth-order valence-electron chi connectivity index (χ4n) is 3.05. The molecule has 1 fully saturated rings. The van der Waals surface area contributed by atoms with E-state index in [1.165, 1.54) is 0 Å². The second-order valence-electron chi connectivity index (χ2n) is 6.31. The molecule has 8 nitrogen and oxygen atoms in total. The molecular formula is C19H19N5O3. The summed E-state index contributed by atoms with van der Waals surface area (Å²) in [6, 6.07) is 7.07. The lowest BCUT2D eigenvalue weighted by Gasteiger charge is -2.32. The average molecular weight is 365 g/mol. The molecule has 0 N–H and O–H groups in total. The Hall–Kier alpha value is -3.13. The summed E-state index contributed by atoms with van der Waals surface area (Å²) in [5.74, 6) is 0.929. The second kappa shape index (κ2) is 8.05. The highest BCUT2D eigenvalue weighted by Crippen LogP contribution is 2.19. The molecule has 138 valence electrons. The van der Waals surface area contributed by atoms with Crippen molar-refractivity contribution < 1.29 is 14.1 Å². The maximum atomic E-state index is 12.6. The van der Waals surface area contributed by atoms with Crippen molar-refractivity contribution in [3.8, 4) is 11.5 Å². The number of aromatic nitrogens is 4. The summed E-state index contributed by atoms with van der Waals surface area (Å²) >= 11 is 0. The summed E-state index contributed by atoms with van der Waals surface area (Å²) in [6.07, 6.45) is 8.35. The zero-order chi connectivity index (χ0) is 18.5. The monoisotopic (exact) mass is 365 g/mol. The predicted octanol–water partition coefficient (Wildman–Crippen LogP) is 2.35. The largest absolute Gasteiger partial charge is 0.368 e. The summed E-state index contributed by atoms with van der Waals surface area (Å²) in [6.45, 7) is 1.53.